The smallest absolute Gasteiger partial charge is 0.258 e. The lowest BCUT2D eigenvalue weighted by Gasteiger charge is -2.38. The molecule has 1 N–H and O–H groups in total. The molecule has 1 amide bonds. The molecule has 26 heavy (non-hydrogen) atoms. The van der Waals surface area contributed by atoms with Crippen molar-refractivity contribution in [2.45, 2.75) is 26.6 Å². The van der Waals surface area contributed by atoms with E-state index < -0.39 is 0 Å². The van der Waals surface area contributed by atoms with Gasteiger partial charge in [0.05, 0.1) is 11.3 Å². The second kappa shape index (κ2) is 6.33. The zero-order chi connectivity index (χ0) is 18.3. The van der Waals surface area contributed by atoms with E-state index in [0.717, 1.165) is 28.2 Å². The zero-order valence-electron chi connectivity index (χ0n) is 15.2. The van der Waals surface area contributed by atoms with E-state index in [2.05, 4.69) is 10.4 Å². The number of hydrogen-bond donors (Lipinski definition) is 1. The van der Waals surface area contributed by atoms with E-state index >= 15 is 0 Å². The average Bonchev–Trinajstić information content (AvgIpc) is 2.90. The van der Waals surface area contributed by atoms with Gasteiger partial charge in [-0.25, -0.2) is 0 Å². The molecule has 1 unspecified atom stereocenters. The Balaban J connectivity index is 1.82. The summed E-state index contributed by atoms with van der Waals surface area (Å²) in [6.45, 7) is 4.58. The minimum atomic E-state index is -0.244. The first kappa shape index (κ1) is 16.4. The SMILES string of the molecule is Cc1nn(C)c(C)c1C1Nc2ccccc2C(=O)N1Cc1ccccc1. The van der Waals surface area contributed by atoms with Gasteiger partial charge >= 0.3 is 0 Å². The number of nitrogens with zero attached hydrogens (tertiary/aromatic N) is 3. The van der Waals surface area contributed by atoms with Crippen LogP contribution in [0.2, 0.25) is 0 Å². The van der Waals surface area contributed by atoms with Gasteiger partial charge in [-0.3, -0.25) is 9.48 Å². The van der Waals surface area contributed by atoms with Gasteiger partial charge in [0.1, 0.15) is 6.17 Å². The molecule has 1 atom stereocenters. The molecule has 0 bridgehead atoms. The number of aryl methyl sites for hydroxylation is 2. The summed E-state index contributed by atoms with van der Waals surface area (Å²) in [6, 6.07) is 17.8. The molecule has 1 aromatic heterocycles. The molecule has 3 aromatic rings. The monoisotopic (exact) mass is 346 g/mol. The lowest BCUT2D eigenvalue weighted by molar-refractivity contribution is 0.0665. The van der Waals surface area contributed by atoms with Crippen molar-refractivity contribution in [3.05, 3.63) is 82.7 Å². The van der Waals surface area contributed by atoms with Crippen LogP contribution in [0.5, 0.6) is 0 Å². The molecular weight excluding hydrogens is 324 g/mol. The summed E-state index contributed by atoms with van der Waals surface area (Å²) in [5.74, 6) is 0.0378. The fraction of sp³-hybridized carbons (Fsp3) is 0.238. The molecule has 5 heteroatoms. The molecule has 1 aliphatic heterocycles. The van der Waals surface area contributed by atoms with Crippen LogP contribution in [0, 0.1) is 13.8 Å². The summed E-state index contributed by atoms with van der Waals surface area (Å²) in [4.78, 5) is 15.2. The van der Waals surface area contributed by atoms with Crippen molar-refractivity contribution in [3.8, 4) is 0 Å². The van der Waals surface area contributed by atoms with E-state index in [0.29, 0.717) is 12.1 Å². The van der Waals surface area contributed by atoms with Crippen LogP contribution in [-0.2, 0) is 13.6 Å². The van der Waals surface area contributed by atoms with Crippen LogP contribution in [0.15, 0.2) is 54.6 Å². The summed E-state index contributed by atoms with van der Waals surface area (Å²) >= 11 is 0. The number of rotatable bonds is 3. The summed E-state index contributed by atoms with van der Waals surface area (Å²) in [5.41, 5.74) is 5.74. The summed E-state index contributed by atoms with van der Waals surface area (Å²) in [7, 11) is 1.94. The molecule has 0 spiro atoms. The molecule has 2 heterocycles. The average molecular weight is 346 g/mol. The van der Waals surface area contributed by atoms with Crippen LogP contribution < -0.4 is 5.32 Å². The van der Waals surface area contributed by atoms with Gasteiger partial charge in [-0.2, -0.15) is 5.10 Å². The first-order valence-electron chi connectivity index (χ1n) is 8.77. The number of aromatic nitrogens is 2. The molecule has 0 aliphatic carbocycles. The minimum Gasteiger partial charge on any atom is -0.361 e. The topological polar surface area (TPSA) is 50.2 Å². The highest BCUT2D eigenvalue weighted by Gasteiger charge is 2.35. The number of benzene rings is 2. The number of nitrogens with one attached hydrogen (secondary N) is 1. The fourth-order valence-electron chi connectivity index (χ4n) is 3.65. The number of hydrogen-bond acceptors (Lipinski definition) is 3. The van der Waals surface area contributed by atoms with Gasteiger partial charge in [0.2, 0.25) is 0 Å². The Morgan fingerprint density at radius 3 is 2.42 bits per heavy atom. The second-order valence-electron chi connectivity index (χ2n) is 6.72. The van der Waals surface area contributed by atoms with E-state index in [-0.39, 0.29) is 12.1 Å². The van der Waals surface area contributed by atoms with Gasteiger partial charge in [0.25, 0.3) is 5.91 Å². The summed E-state index contributed by atoms with van der Waals surface area (Å²) < 4.78 is 1.87. The number of anilines is 1. The predicted octanol–water partition coefficient (Wildman–Crippen LogP) is 3.80. The number of carbonyl (C=O) groups excluding carboxylic acids is 1. The Kier molecular flexibility index (Phi) is 3.99. The van der Waals surface area contributed by atoms with Crippen molar-refractivity contribution in [3.63, 3.8) is 0 Å². The molecule has 132 valence electrons. The van der Waals surface area contributed by atoms with Crippen molar-refractivity contribution in [1.82, 2.24) is 14.7 Å². The Bertz CT molecular complexity index is 961. The number of para-hydroxylation sites is 1. The van der Waals surface area contributed by atoms with Gasteiger partial charge in [-0.1, -0.05) is 42.5 Å². The number of carbonyl (C=O) groups is 1. The maximum Gasteiger partial charge on any atom is 0.258 e. The van der Waals surface area contributed by atoms with Crippen LogP contribution >= 0.6 is 0 Å². The van der Waals surface area contributed by atoms with Crippen LogP contribution in [0.3, 0.4) is 0 Å². The zero-order valence-corrected chi connectivity index (χ0v) is 15.2. The lowest BCUT2D eigenvalue weighted by atomic mass is 10.0. The minimum absolute atomic E-state index is 0.0378. The van der Waals surface area contributed by atoms with Gasteiger partial charge in [-0.15, -0.1) is 0 Å². The normalized spacial score (nSPS) is 16.3. The fourth-order valence-corrected chi connectivity index (χ4v) is 3.65. The van der Waals surface area contributed by atoms with E-state index in [1.165, 1.54) is 0 Å². The van der Waals surface area contributed by atoms with E-state index in [9.17, 15) is 4.79 Å². The summed E-state index contributed by atoms with van der Waals surface area (Å²) in [6.07, 6.45) is -0.244. The molecule has 4 rings (SSSR count). The standard InChI is InChI=1S/C21H22N4O/c1-14-19(15(2)24(3)23-14)20-22-18-12-8-7-11-17(18)21(26)25(20)13-16-9-5-4-6-10-16/h4-12,20,22H,13H2,1-3H3. The first-order chi connectivity index (χ1) is 12.6. The third kappa shape index (κ3) is 2.65. The van der Waals surface area contributed by atoms with E-state index in [1.54, 1.807) is 0 Å². The van der Waals surface area contributed by atoms with Crippen LogP contribution in [0.4, 0.5) is 5.69 Å². The van der Waals surface area contributed by atoms with Crippen LogP contribution in [0.1, 0.15) is 39.0 Å². The highest BCUT2D eigenvalue weighted by Crippen LogP contribution is 2.36. The third-order valence-electron chi connectivity index (χ3n) is 5.06. The first-order valence-corrected chi connectivity index (χ1v) is 8.77. The van der Waals surface area contributed by atoms with Crippen molar-refractivity contribution < 1.29 is 4.79 Å². The highest BCUT2D eigenvalue weighted by atomic mass is 16.2. The van der Waals surface area contributed by atoms with Crippen molar-refractivity contribution >= 4 is 11.6 Å². The Morgan fingerprint density at radius 1 is 1.04 bits per heavy atom. The molecule has 2 aromatic carbocycles. The molecule has 0 radical (unpaired) electrons. The second-order valence-corrected chi connectivity index (χ2v) is 6.72. The van der Waals surface area contributed by atoms with Gasteiger partial charge in [0, 0.05) is 30.5 Å². The largest absolute Gasteiger partial charge is 0.361 e. The van der Waals surface area contributed by atoms with Gasteiger partial charge in [-0.05, 0) is 31.5 Å². The Labute approximate surface area is 153 Å². The van der Waals surface area contributed by atoms with Gasteiger partial charge < -0.3 is 10.2 Å². The molecule has 1 aliphatic rings. The molecule has 5 nitrogen and oxygen atoms in total. The van der Waals surface area contributed by atoms with Gasteiger partial charge in [0.15, 0.2) is 0 Å². The predicted molar refractivity (Wildman–Crippen MR) is 102 cm³/mol. The maximum absolute atomic E-state index is 13.3. The Hall–Kier alpha value is -3.08. The van der Waals surface area contributed by atoms with Crippen LogP contribution in [-0.4, -0.2) is 20.6 Å². The Morgan fingerprint density at radius 2 is 1.73 bits per heavy atom. The van der Waals surface area contributed by atoms with Crippen molar-refractivity contribution in [2.24, 2.45) is 7.05 Å². The van der Waals surface area contributed by atoms with Crippen LogP contribution in [0.25, 0.3) is 0 Å². The maximum atomic E-state index is 13.3. The summed E-state index contributed by atoms with van der Waals surface area (Å²) in [5, 5.41) is 8.11. The molecule has 0 fully saturated rings. The van der Waals surface area contributed by atoms with E-state index in [1.807, 2.05) is 85.1 Å². The molecular formula is C21H22N4O. The van der Waals surface area contributed by atoms with E-state index in [4.69, 9.17) is 0 Å². The molecule has 0 saturated heterocycles. The highest BCUT2D eigenvalue weighted by molar-refractivity contribution is 6.01. The molecule has 0 saturated carbocycles. The lowest BCUT2D eigenvalue weighted by Crippen LogP contribution is -2.42. The number of fused-ring (bicyclic) bond motifs is 1. The van der Waals surface area contributed by atoms with Crippen molar-refractivity contribution in [2.75, 3.05) is 5.32 Å². The quantitative estimate of drug-likeness (QED) is 0.785. The number of amides is 1. The van der Waals surface area contributed by atoms with Crippen molar-refractivity contribution in [1.29, 1.82) is 0 Å². The third-order valence-corrected chi connectivity index (χ3v) is 5.06.